The van der Waals surface area contributed by atoms with E-state index < -0.39 is 5.54 Å². The molecule has 0 aliphatic heterocycles. The molecule has 0 spiro atoms. The quantitative estimate of drug-likeness (QED) is 0.597. The van der Waals surface area contributed by atoms with Gasteiger partial charge in [-0.05, 0) is 12.8 Å². The smallest absolute Gasteiger partial charge is 0.254 e. The highest BCUT2D eigenvalue weighted by atomic mass is 16.3. The maximum absolute atomic E-state index is 11.1. The number of nitrogens with zero attached hydrogens (tertiary/aromatic N) is 1. The summed E-state index contributed by atoms with van der Waals surface area (Å²) in [6, 6.07) is 1.04. The first-order valence-electron chi connectivity index (χ1n) is 4.70. The molecule has 0 bridgehead atoms. The van der Waals surface area contributed by atoms with E-state index in [1.807, 2.05) is 0 Å². The Hall–Kier alpha value is -1.36. The van der Waals surface area contributed by atoms with E-state index in [1.54, 1.807) is 0 Å². The van der Waals surface area contributed by atoms with Gasteiger partial charge in [0, 0.05) is 0 Å². The Kier molecular flexibility index (Phi) is 2.03. The van der Waals surface area contributed by atoms with Crippen LogP contribution in [0.15, 0.2) is 10.9 Å². The average molecular weight is 195 g/mol. The second kappa shape index (κ2) is 3.09. The van der Waals surface area contributed by atoms with E-state index in [9.17, 15) is 9.90 Å². The molecule has 1 aromatic heterocycles. The lowest BCUT2D eigenvalue weighted by Crippen LogP contribution is -2.36. The highest BCUT2D eigenvalue weighted by molar-refractivity contribution is 5.14. The third kappa shape index (κ3) is 1.50. The van der Waals surface area contributed by atoms with Crippen molar-refractivity contribution in [3.8, 4) is 5.88 Å². The molecule has 0 saturated heterocycles. The number of hydrogen-bond acceptors (Lipinski definition) is 4. The molecule has 0 amide bonds. The van der Waals surface area contributed by atoms with Crippen molar-refractivity contribution in [2.45, 2.75) is 31.2 Å². The van der Waals surface area contributed by atoms with Crippen LogP contribution in [0.2, 0.25) is 0 Å². The van der Waals surface area contributed by atoms with E-state index in [-0.39, 0.29) is 11.4 Å². The zero-order chi connectivity index (χ0) is 10.2. The Balaban J connectivity index is 2.45. The fourth-order valence-electron chi connectivity index (χ4n) is 1.92. The molecule has 1 fully saturated rings. The molecule has 0 aromatic carbocycles. The molecule has 76 valence electrons. The van der Waals surface area contributed by atoms with E-state index in [4.69, 9.17) is 5.73 Å². The highest BCUT2D eigenvalue weighted by Crippen LogP contribution is 2.34. The molecule has 1 aliphatic carbocycles. The Bertz CT molecular complexity index is 393. The molecular weight excluding hydrogens is 182 g/mol. The normalized spacial score (nSPS) is 19.8. The minimum Gasteiger partial charge on any atom is -0.493 e. The monoisotopic (exact) mass is 195 g/mol. The van der Waals surface area contributed by atoms with Gasteiger partial charge in [-0.3, -0.25) is 4.79 Å². The summed E-state index contributed by atoms with van der Waals surface area (Å²) in [6.07, 6.45) is 3.69. The molecular formula is C9H13N3O2. The Morgan fingerprint density at radius 2 is 2.14 bits per heavy atom. The van der Waals surface area contributed by atoms with E-state index in [0.717, 1.165) is 31.7 Å². The van der Waals surface area contributed by atoms with Gasteiger partial charge in [-0.2, -0.15) is 4.98 Å². The van der Waals surface area contributed by atoms with Crippen LogP contribution in [0.5, 0.6) is 5.88 Å². The second-order valence-corrected chi connectivity index (χ2v) is 3.82. The number of nitrogens with two attached hydrogens (primary N) is 1. The number of H-pyrrole nitrogens is 1. The van der Waals surface area contributed by atoms with Crippen LogP contribution in [-0.2, 0) is 5.54 Å². The van der Waals surface area contributed by atoms with Crippen LogP contribution < -0.4 is 11.3 Å². The van der Waals surface area contributed by atoms with Crippen molar-refractivity contribution >= 4 is 0 Å². The lowest BCUT2D eigenvalue weighted by Gasteiger charge is -2.21. The number of nitrogens with one attached hydrogen (secondary N) is 1. The van der Waals surface area contributed by atoms with Crippen molar-refractivity contribution in [1.29, 1.82) is 0 Å². The molecule has 1 saturated carbocycles. The summed E-state index contributed by atoms with van der Waals surface area (Å²) in [5.74, 6) is 0.139. The minimum atomic E-state index is -0.558. The molecule has 1 aromatic rings. The molecule has 1 aliphatic rings. The fourth-order valence-corrected chi connectivity index (χ4v) is 1.92. The maximum atomic E-state index is 11.1. The molecule has 0 atom stereocenters. The van der Waals surface area contributed by atoms with Gasteiger partial charge in [-0.1, -0.05) is 12.8 Å². The summed E-state index contributed by atoms with van der Waals surface area (Å²) in [7, 11) is 0. The van der Waals surface area contributed by atoms with Gasteiger partial charge in [0.15, 0.2) is 0 Å². The first-order chi connectivity index (χ1) is 6.60. The number of rotatable bonds is 1. The summed E-state index contributed by atoms with van der Waals surface area (Å²) in [6.45, 7) is 0. The van der Waals surface area contributed by atoms with E-state index in [0.29, 0.717) is 5.82 Å². The molecule has 4 N–H and O–H groups in total. The standard InChI is InChI=1S/C9H13N3O2/c10-9(3-1-2-4-9)8-11-6(13)5-7(14)12-8/h5H,1-4,10H2,(H2,11,12,13,14). The Morgan fingerprint density at radius 1 is 1.50 bits per heavy atom. The Morgan fingerprint density at radius 3 is 2.71 bits per heavy atom. The molecule has 5 nitrogen and oxygen atoms in total. The largest absolute Gasteiger partial charge is 0.493 e. The molecule has 14 heavy (non-hydrogen) atoms. The van der Waals surface area contributed by atoms with Crippen LogP contribution in [0.3, 0.4) is 0 Å². The third-order valence-electron chi connectivity index (χ3n) is 2.70. The lowest BCUT2D eigenvalue weighted by molar-refractivity contribution is 0.401. The molecule has 1 heterocycles. The first-order valence-corrected chi connectivity index (χ1v) is 4.70. The van der Waals surface area contributed by atoms with Crippen molar-refractivity contribution in [3.05, 3.63) is 22.2 Å². The van der Waals surface area contributed by atoms with Crippen molar-refractivity contribution in [3.63, 3.8) is 0 Å². The van der Waals surface area contributed by atoms with Gasteiger partial charge in [0.2, 0.25) is 5.88 Å². The van der Waals surface area contributed by atoms with Crippen LogP contribution in [0.1, 0.15) is 31.5 Å². The Labute approximate surface area is 81.0 Å². The predicted molar refractivity (Wildman–Crippen MR) is 50.9 cm³/mol. The lowest BCUT2D eigenvalue weighted by atomic mass is 9.98. The van der Waals surface area contributed by atoms with Crippen LogP contribution >= 0.6 is 0 Å². The molecule has 0 radical (unpaired) electrons. The summed E-state index contributed by atoms with van der Waals surface area (Å²) < 4.78 is 0. The maximum Gasteiger partial charge on any atom is 0.254 e. The number of aromatic nitrogens is 2. The first kappa shape index (κ1) is 9.21. The van der Waals surface area contributed by atoms with Gasteiger partial charge in [-0.25, -0.2) is 0 Å². The van der Waals surface area contributed by atoms with Gasteiger partial charge in [0.05, 0.1) is 11.6 Å². The van der Waals surface area contributed by atoms with Crippen LogP contribution in [0.25, 0.3) is 0 Å². The SMILES string of the molecule is NC1(c2nc(O)cc(=O)[nH]2)CCCC1. The van der Waals surface area contributed by atoms with Gasteiger partial charge in [-0.15, -0.1) is 0 Å². The molecule has 5 heteroatoms. The molecule has 2 rings (SSSR count). The van der Waals surface area contributed by atoms with Gasteiger partial charge in [0.1, 0.15) is 5.82 Å². The van der Waals surface area contributed by atoms with Crippen LogP contribution in [-0.4, -0.2) is 15.1 Å². The highest BCUT2D eigenvalue weighted by Gasteiger charge is 2.33. The van der Waals surface area contributed by atoms with Crippen molar-refractivity contribution in [2.24, 2.45) is 5.73 Å². The van der Waals surface area contributed by atoms with Crippen molar-refractivity contribution < 1.29 is 5.11 Å². The van der Waals surface area contributed by atoms with Crippen molar-refractivity contribution in [2.75, 3.05) is 0 Å². The second-order valence-electron chi connectivity index (χ2n) is 3.82. The van der Waals surface area contributed by atoms with E-state index in [1.165, 1.54) is 0 Å². The number of hydrogen-bond donors (Lipinski definition) is 3. The van der Waals surface area contributed by atoms with Gasteiger partial charge < -0.3 is 15.8 Å². The third-order valence-corrected chi connectivity index (χ3v) is 2.70. The number of aromatic amines is 1. The zero-order valence-corrected chi connectivity index (χ0v) is 7.79. The zero-order valence-electron chi connectivity index (χ0n) is 7.79. The van der Waals surface area contributed by atoms with Crippen LogP contribution in [0.4, 0.5) is 0 Å². The minimum absolute atomic E-state index is 0.263. The fraction of sp³-hybridized carbons (Fsp3) is 0.556. The number of aromatic hydroxyl groups is 1. The van der Waals surface area contributed by atoms with Gasteiger partial charge in [0.25, 0.3) is 5.56 Å². The predicted octanol–water partition coefficient (Wildman–Crippen LogP) is 0.203. The van der Waals surface area contributed by atoms with E-state index >= 15 is 0 Å². The average Bonchev–Trinajstić information content (AvgIpc) is 2.52. The van der Waals surface area contributed by atoms with Crippen molar-refractivity contribution in [1.82, 2.24) is 9.97 Å². The summed E-state index contributed by atoms with van der Waals surface area (Å²) in [5.41, 5.74) is 5.16. The van der Waals surface area contributed by atoms with Gasteiger partial charge >= 0.3 is 0 Å². The summed E-state index contributed by atoms with van der Waals surface area (Å²) in [5, 5.41) is 9.18. The topological polar surface area (TPSA) is 92.0 Å². The molecule has 0 unspecified atom stereocenters. The van der Waals surface area contributed by atoms with E-state index in [2.05, 4.69) is 9.97 Å². The summed E-state index contributed by atoms with van der Waals surface area (Å²) >= 11 is 0. The summed E-state index contributed by atoms with van der Waals surface area (Å²) in [4.78, 5) is 17.5. The van der Waals surface area contributed by atoms with Crippen LogP contribution in [0, 0.1) is 0 Å².